The summed E-state index contributed by atoms with van der Waals surface area (Å²) in [5.41, 5.74) is 0.927. The largest absolute Gasteiger partial charge is 0.197 e. The van der Waals surface area contributed by atoms with Gasteiger partial charge in [-0.2, -0.15) is 5.26 Å². The molecule has 0 heterocycles. The molecule has 0 N–H and O–H groups in total. The normalized spacial score (nSPS) is 19.8. The van der Waals surface area contributed by atoms with Crippen LogP contribution in [0.3, 0.4) is 0 Å². The third kappa shape index (κ3) is 2.15. The van der Waals surface area contributed by atoms with Crippen LogP contribution in [-0.2, 0) is 5.41 Å². The number of nitriles is 1. The van der Waals surface area contributed by atoms with E-state index in [1.165, 1.54) is 31.2 Å². The zero-order chi connectivity index (χ0) is 11.4. The van der Waals surface area contributed by atoms with Crippen molar-refractivity contribution >= 4 is 15.9 Å². The fourth-order valence-corrected chi connectivity index (χ4v) is 3.29. The molecule has 0 unspecified atom stereocenters. The number of benzene rings is 1. The fourth-order valence-electron chi connectivity index (χ4n) is 2.62. The van der Waals surface area contributed by atoms with Crippen molar-refractivity contribution in [3.05, 3.63) is 34.3 Å². The van der Waals surface area contributed by atoms with Crippen LogP contribution in [0.2, 0.25) is 0 Å². The van der Waals surface area contributed by atoms with Crippen LogP contribution in [0.15, 0.2) is 28.7 Å². The van der Waals surface area contributed by atoms with E-state index in [1.807, 2.05) is 18.2 Å². The van der Waals surface area contributed by atoms with Gasteiger partial charge in [0.2, 0.25) is 0 Å². The molecule has 0 atom stereocenters. The number of hydrogen-bond donors (Lipinski definition) is 0. The summed E-state index contributed by atoms with van der Waals surface area (Å²) in [4.78, 5) is 0. The average Bonchev–Trinajstić information content (AvgIpc) is 2.56. The summed E-state index contributed by atoms with van der Waals surface area (Å²) in [6, 6.07) is 10.8. The molecule has 16 heavy (non-hydrogen) atoms. The van der Waals surface area contributed by atoms with Crippen LogP contribution in [-0.4, -0.2) is 0 Å². The summed E-state index contributed by atoms with van der Waals surface area (Å²) in [6.07, 6.45) is 6.91. The van der Waals surface area contributed by atoms with E-state index in [0.717, 1.165) is 17.3 Å². The summed E-state index contributed by atoms with van der Waals surface area (Å²) in [5, 5.41) is 9.57. The first kappa shape index (κ1) is 11.7. The quantitative estimate of drug-likeness (QED) is 0.690. The molecule has 0 aliphatic heterocycles. The van der Waals surface area contributed by atoms with E-state index in [4.69, 9.17) is 0 Å². The molecular weight excluding hydrogens is 262 g/mol. The van der Waals surface area contributed by atoms with Crippen molar-refractivity contribution in [1.82, 2.24) is 0 Å². The lowest BCUT2D eigenvalue weighted by molar-refractivity contribution is 0.473. The maximum Gasteiger partial charge on any atom is 0.0833 e. The van der Waals surface area contributed by atoms with E-state index < -0.39 is 0 Å². The van der Waals surface area contributed by atoms with Gasteiger partial charge in [-0.15, -0.1) is 0 Å². The van der Waals surface area contributed by atoms with Crippen molar-refractivity contribution in [2.24, 2.45) is 0 Å². The van der Waals surface area contributed by atoms with Crippen molar-refractivity contribution in [2.75, 3.05) is 0 Å². The Kier molecular flexibility index (Phi) is 3.66. The monoisotopic (exact) mass is 277 g/mol. The van der Waals surface area contributed by atoms with Crippen molar-refractivity contribution < 1.29 is 0 Å². The van der Waals surface area contributed by atoms with Gasteiger partial charge in [-0.1, -0.05) is 59.8 Å². The Morgan fingerprint density at radius 3 is 2.25 bits per heavy atom. The van der Waals surface area contributed by atoms with E-state index in [1.54, 1.807) is 0 Å². The molecule has 1 aromatic rings. The second-order valence-corrected chi connectivity index (χ2v) is 5.44. The molecular formula is C14H16BrN. The Labute approximate surface area is 106 Å². The first-order valence-corrected chi connectivity index (χ1v) is 6.74. The summed E-state index contributed by atoms with van der Waals surface area (Å²) in [6.45, 7) is 0. The van der Waals surface area contributed by atoms with Crippen LogP contribution >= 0.6 is 15.9 Å². The van der Waals surface area contributed by atoms with E-state index >= 15 is 0 Å². The highest BCUT2D eigenvalue weighted by Crippen LogP contribution is 2.40. The zero-order valence-electron chi connectivity index (χ0n) is 9.38. The van der Waals surface area contributed by atoms with Gasteiger partial charge in [0.05, 0.1) is 11.5 Å². The van der Waals surface area contributed by atoms with Gasteiger partial charge in [0, 0.05) is 4.47 Å². The topological polar surface area (TPSA) is 23.8 Å². The molecule has 1 nitrogen and oxygen atoms in total. The molecule has 0 spiro atoms. The second kappa shape index (κ2) is 5.01. The SMILES string of the molecule is N#CC1(c2ccccc2Br)CCCCCC1. The van der Waals surface area contributed by atoms with Gasteiger partial charge in [-0.25, -0.2) is 0 Å². The van der Waals surface area contributed by atoms with Gasteiger partial charge >= 0.3 is 0 Å². The smallest absolute Gasteiger partial charge is 0.0833 e. The maximum atomic E-state index is 9.57. The summed E-state index contributed by atoms with van der Waals surface area (Å²) in [7, 11) is 0. The fraction of sp³-hybridized carbons (Fsp3) is 0.500. The molecule has 1 aliphatic carbocycles. The van der Waals surface area contributed by atoms with Crippen molar-refractivity contribution in [3.63, 3.8) is 0 Å². The number of nitrogens with zero attached hydrogens (tertiary/aromatic N) is 1. The minimum atomic E-state index is -0.253. The highest BCUT2D eigenvalue weighted by Gasteiger charge is 2.34. The van der Waals surface area contributed by atoms with Crippen LogP contribution in [0.25, 0.3) is 0 Å². The lowest BCUT2D eigenvalue weighted by Crippen LogP contribution is -2.23. The number of hydrogen-bond acceptors (Lipinski definition) is 1. The van der Waals surface area contributed by atoms with Crippen molar-refractivity contribution in [3.8, 4) is 6.07 Å². The Morgan fingerprint density at radius 1 is 1.06 bits per heavy atom. The highest BCUT2D eigenvalue weighted by molar-refractivity contribution is 9.10. The number of halogens is 1. The van der Waals surface area contributed by atoms with Gasteiger partial charge in [0.15, 0.2) is 0 Å². The van der Waals surface area contributed by atoms with Crippen LogP contribution in [0.1, 0.15) is 44.1 Å². The highest BCUT2D eigenvalue weighted by atomic mass is 79.9. The molecule has 0 amide bonds. The van der Waals surface area contributed by atoms with E-state index in [9.17, 15) is 5.26 Å². The zero-order valence-corrected chi connectivity index (χ0v) is 11.0. The van der Waals surface area contributed by atoms with Gasteiger partial charge in [0.25, 0.3) is 0 Å². The Balaban J connectivity index is 2.41. The first-order chi connectivity index (χ1) is 7.78. The van der Waals surface area contributed by atoms with Crippen molar-refractivity contribution in [1.29, 1.82) is 5.26 Å². The minimum absolute atomic E-state index is 0.253. The third-order valence-electron chi connectivity index (χ3n) is 3.56. The molecule has 0 saturated heterocycles. The lowest BCUT2D eigenvalue weighted by Gasteiger charge is -2.26. The standard InChI is InChI=1S/C14H16BrN/c15-13-8-4-3-7-12(13)14(11-16)9-5-1-2-6-10-14/h3-4,7-8H,1-2,5-6,9-10H2. The minimum Gasteiger partial charge on any atom is -0.197 e. The third-order valence-corrected chi connectivity index (χ3v) is 4.25. The molecule has 1 fully saturated rings. The van der Waals surface area contributed by atoms with Gasteiger partial charge in [-0.3, -0.25) is 0 Å². The Hall–Kier alpha value is -0.810. The average molecular weight is 278 g/mol. The predicted molar refractivity (Wildman–Crippen MR) is 69.1 cm³/mol. The molecule has 0 aromatic heterocycles. The van der Waals surface area contributed by atoms with Crippen LogP contribution in [0.4, 0.5) is 0 Å². The van der Waals surface area contributed by atoms with Crippen LogP contribution in [0.5, 0.6) is 0 Å². The van der Waals surface area contributed by atoms with Gasteiger partial charge in [0.1, 0.15) is 0 Å². The summed E-state index contributed by atoms with van der Waals surface area (Å²) < 4.78 is 1.08. The Bertz CT molecular complexity index is 397. The van der Waals surface area contributed by atoms with E-state index in [0.29, 0.717) is 0 Å². The van der Waals surface area contributed by atoms with Gasteiger partial charge < -0.3 is 0 Å². The molecule has 2 rings (SSSR count). The molecule has 1 aromatic carbocycles. The molecule has 1 aliphatic rings. The predicted octanol–water partition coefficient (Wildman–Crippen LogP) is 4.56. The lowest BCUT2D eigenvalue weighted by atomic mass is 9.76. The Morgan fingerprint density at radius 2 is 1.69 bits per heavy atom. The van der Waals surface area contributed by atoms with Crippen LogP contribution in [0, 0.1) is 11.3 Å². The first-order valence-electron chi connectivity index (χ1n) is 5.95. The summed E-state index contributed by atoms with van der Waals surface area (Å²) in [5.74, 6) is 0. The molecule has 2 heteroatoms. The van der Waals surface area contributed by atoms with Crippen molar-refractivity contribution in [2.45, 2.75) is 43.9 Å². The molecule has 84 valence electrons. The summed E-state index contributed by atoms with van der Waals surface area (Å²) >= 11 is 3.58. The van der Waals surface area contributed by atoms with Crippen LogP contribution < -0.4 is 0 Å². The molecule has 1 saturated carbocycles. The molecule has 0 bridgehead atoms. The van der Waals surface area contributed by atoms with Gasteiger partial charge in [-0.05, 0) is 24.5 Å². The number of rotatable bonds is 1. The maximum absolute atomic E-state index is 9.57. The van der Waals surface area contributed by atoms with E-state index in [-0.39, 0.29) is 5.41 Å². The second-order valence-electron chi connectivity index (χ2n) is 4.59. The van der Waals surface area contributed by atoms with E-state index in [2.05, 4.69) is 28.1 Å². The molecule has 0 radical (unpaired) electrons.